The molecule has 6 rings (SSSR count). The van der Waals surface area contributed by atoms with E-state index in [1.54, 1.807) is 26.0 Å². The number of carbonyl (C=O) groups excluding carboxylic acids is 2. The van der Waals surface area contributed by atoms with E-state index in [9.17, 15) is 28.0 Å². The van der Waals surface area contributed by atoms with Crippen LogP contribution in [0.4, 0.5) is 18.9 Å². The van der Waals surface area contributed by atoms with Crippen molar-refractivity contribution in [3.05, 3.63) is 45.4 Å². The van der Waals surface area contributed by atoms with Crippen LogP contribution in [0.15, 0.2) is 24.4 Å². The lowest BCUT2D eigenvalue weighted by molar-refractivity contribution is -0.146. The van der Waals surface area contributed by atoms with Gasteiger partial charge in [-0.3, -0.25) is 14.6 Å². The van der Waals surface area contributed by atoms with Crippen molar-refractivity contribution < 1.29 is 22.8 Å². The van der Waals surface area contributed by atoms with Gasteiger partial charge in [-0.15, -0.1) is 11.3 Å². The van der Waals surface area contributed by atoms with Crippen molar-refractivity contribution in [1.82, 2.24) is 15.6 Å². The minimum absolute atomic E-state index is 0.194. The predicted molar refractivity (Wildman–Crippen MR) is 141 cm³/mol. The van der Waals surface area contributed by atoms with Gasteiger partial charge in [-0.1, -0.05) is 25.7 Å². The number of aromatic nitrogens is 1. The number of hydrogen-bond acceptors (Lipinski definition) is 6. The predicted octanol–water partition coefficient (Wildman–Crippen LogP) is 5.88. The van der Waals surface area contributed by atoms with E-state index in [4.69, 9.17) is 0 Å². The van der Waals surface area contributed by atoms with Crippen molar-refractivity contribution in [1.29, 1.82) is 5.26 Å². The van der Waals surface area contributed by atoms with Gasteiger partial charge in [0.2, 0.25) is 5.91 Å². The van der Waals surface area contributed by atoms with E-state index in [0.29, 0.717) is 42.2 Å². The molecule has 4 saturated carbocycles. The molecule has 2 bridgehead atoms. The maximum absolute atomic E-state index is 13.3. The number of halogens is 3. The van der Waals surface area contributed by atoms with Gasteiger partial charge in [0.05, 0.1) is 39.3 Å². The highest BCUT2D eigenvalue weighted by Gasteiger charge is 2.69. The van der Waals surface area contributed by atoms with Gasteiger partial charge >= 0.3 is 6.18 Å². The number of nitrogens with zero attached hydrogens (tertiary/aromatic N) is 2. The molecule has 4 fully saturated rings. The van der Waals surface area contributed by atoms with E-state index in [2.05, 4.69) is 27.0 Å². The molecule has 208 valence electrons. The van der Waals surface area contributed by atoms with Crippen molar-refractivity contribution in [2.45, 2.75) is 89.0 Å². The summed E-state index contributed by atoms with van der Waals surface area (Å²) < 4.78 is 39.4. The first-order valence-corrected chi connectivity index (χ1v) is 14.2. The summed E-state index contributed by atoms with van der Waals surface area (Å²) in [5.74, 6) is -0.160. The molecular formula is C28H32F3N5O2S. The second-order valence-electron chi connectivity index (χ2n) is 11.5. The number of aryl methyl sites for hydroxylation is 1. The first-order valence-electron chi connectivity index (χ1n) is 13.4. The summed E-state index contributed by atoms with van der Waals surface area (Å²) in [6.45, 7) is 3.44. The summed E-state index contributed by atoms with van der Waals surface area (Å²) in [6, 6.07) is 5.80. The third-order valence-corrected chi connectivity index (χ3v) is 9.65. The second-order valence-corrected chi connectivity index (χ2v) is 12.6. The van der Waals surface area contributed by atoms with E-state index in [1.165, 1.54) is 11.3 Å². The second kappa shape index (κ2) is 10.1. The molecule has 0 saturated heterocycles. The highest BCUT2D eigenvalue weighted by molar-refractivity contribution is 7.14. The SMILES string of the molecule is Cc1ncc(C(F)(F)F)cc1N[C@H](C)c1ccc(C(=O)N[C@@H](CC2CCCC2)C(=O)NC23CC(C#N)(C2)C3)s1. The van der Waals surface area contributed by atoms with Crippen molar-refractivity contribution >= 4 is 28.8 Å². The fourth-order valence-corrected chi connectivity index (χ4v) is 7.19. The van der Waals surface area contributed by atoms with E-state index < -0.39 is 17.8 Å². The number of rotatable bonds is 9. The molecule has 2 aromatic heterocycles. The van der Waals surface area contributed by atoms with Gasteiger partial charge in [0.15, 0.2) is 0 Å². The molecule has 0 unspecified atom stereocenters. The Kier molecular flexibility index (Phi) is 7.12. The van der Waals surface area contributed by atoms with Crippen molar-refractivity contribution in [2.24, 2.45) is 11.3 Å². The van der Waals surface area contributed by atoms with Crippen LogP contribution in [-0.4, -0.2) is 28.4 Å². The molecule has 2 aromatic rings. The number of anilines is 1. The van der Waals surface area contributed by atoms with Gasteiger partial charge < -0.3 is 16.0 Å². The minimum atomic E-state index is -4.49. The highest BCUT2D eigenvalue weighted by atomic mass is 32.1. The van der Waals surface area contributed by atoms with Crippen LogP contribution in [0.5, 0.6) is 0 Å². The number of amides is 2. The topological polar surface area (TPSA) is 107 Å². The Labute approximate surface area is 229 Å². The Morgan fingerprint density at radius 2 is 1.92 bits per heavy atom. The zero-order valence-electron chi connectivity index (χ0n) is 22.0. The van der Waals surface area contributed by atoms with Gasteiger partial charge in [-0.2, -0.15) is 18.4 Å². The normalized spacial score (nSPS) is 25.5. The smallest absolute Gasteiger partial charge is 0.376 e. The molecule has 11 heteroatoms. The van der Waals surface area contributed by atoms with Crippen LogP contribution in [0.2, 0.25) is 0 Å². The van der Waals surface area contributed by atoms with E-state index in [-0.39, 0.29) is 34.5 Å². The number of thiophene rings is 1. The summed E-state index contributed by atoms with van der Waals surface area (Å²) >= 11 is 1.23. The molecule has 0 spiro atoms. The van der Waals surface area contributed by atoms with Gasteiger partial charge in [0.1, 0.15) is 6.04 Å². The molecular weight excluding hydrogens is 527 g/mol. The molecule has 3 N–H and O–H groups in total. The summed E-state index contributed by atoms with van der Waals surface area (Å²) in [7, 11) is 0. The largest absolute Gasteiger partial charge is 0.417 e. The Balaban J connectivity index is 1.24. The molecule has 0 aromatic carbocycles. The lowest BCUT2D eigenvalue weighted by Gasteiger charge is -2.67. The van der Waals surface area contributed by atoms with Gasteiger partial charge in [0, 0.05) is 16.6 Å². The van der Waals surface area contributed by atoms with Crippen LogP contribution >= 0.6 is 11.3 Å². The van der Waals surface area contributed by atoms with Crippen LogP contribution in [-0.2, 0) is 11.0 Å². The summed E-state index contributed by atoms with van der Waals surface area (Å²) in [5.41, 5.74) is -0.703. The zero-order chi connectivity index (χ0) is 28.0. The van der Waals surface area contributed by atoms with Crippen LogP contribution in [0.1, 0.15) is 90.1 Å². The Bertz CT molecular complexity index is 1290. The molecule has 2 amide bonds. The van der Waals surface area contributed by atoms with E-state index >= 15 is 0 Å². The fourth-order valence-electron chi connectivity index (χ4n) is 6.27. The van der Waals surface area contributed by atoms with Crippen molar-refractivity contribution in [2.75, 3.05) is 5.32 Å². The first-order chi connectivity index (χ1) is 18.4. The number of nitriles is 1. The average molecular weight is 560 g/mol. The minimum Gasteiger partial charge on any atom is -0.376 e. The van der Waals surface area contributed by atoms with E-state index in [0.717, 1.165) is 42.8 Å². The Morgan fingerprint density at radius 3 is 2.56 bits per heavy atom. The van der Waals surface area contributed by atoms with Crippen LogP contribution < -0.4 is 16.0 Å². The molecule has 39 heavy (non-hydrogen) atoms. The van der Waals surface area contributed by atoms with Crippen molar-refractivity contribution in [3.8, 4) is 6.07 Å². The third kappa shape index (κ3) is 5.62. The lowest BCUT2D eigenvalue weighted by Crippen LogP contribution is -2.75. The zero-order valence-corrected chi connectivity index (χ0v) is 22.8. The van der Waals surface area contributed by atoms with E-state index in [1.807, 2.05) is 0 Å². The molecule has 2 heterocycles. The molecule has 0 radical (unpaired) electrons. The maximum atomic E-state index is 13.3. The molecule has 4 aliphatic rings. The summed E-state index contributed by atoms with van der Waals surface area (Å²) in [4.78, 5) is 31.5. The van der Waals surface area contributed by atoms with Gasteiger partial charge in [-0.25, -0.2) is 0 Å². The first kappa shape index (κ1) is 27.4. The van der Waals surface area contributed by atoms with Crippen LogP contribution in [0, 0.1) is 29.6 Å². The number of pyridine rings is 1. The average Bonchev–Trinajstić information content (AvgIpc) is 3.53. The molecule has 2 atom stereocenters. The third-order valence-electron chi connectivity index (χ3n) is 8.39. The quantitative estimate of drug-likeness (QED) is 0.356. The highest BCUT2D eigenvalue weighted by Crippen LogP contribution is 2.66. The van der Waals surface area contributed by atoms with Crippen LogP contribution in [0.3, 0.4) is 0 Å². The fraction of sp³-hybridized carbons (Fsp3) is 0.571. The maximum Gasteiger partial charge on any atom is 0.417 e. The lowest BCUT2D eigenvalue weighted by atomic mass is 9.40. The number of hydrogen-bond donors (Lipinski definition) is 3. The number of alkyl halides is 3. The van der Waals surface area contributed by atoms with Crippen molar-refractivity contribution in [3.63, 3.8) is 0 Å². The van der Waals surface area contributed by atoms with Crippen LogP contribution in [0.25, 0.3) is 0 Å². The molecule has 0 aliphatic heterocycles. The Morgan fingerprint density at radius 1 is 1.23 bits per heavy atom. The number of carbonyl (C=O) groups is 2. The molecule has 4 aliphatic carbocycles. The standard InChI is InChI=1S/C28H32F3N5O2S/c1-16-20(10-19(11-33-16)28(29,30)31)34-17(2)22-7-8-23(39-22)25(38)35-21(9-18-5-3-4-6-18)24(37)36-27-12-26(13-27,14-27)15-32/h7-8,10-11,17-18,21,34H,3-6,9,12-14H2,1-2H3,(H,35,38)(H,36,37)/t17-,21+,26?,27?/m1/s1. The van der Waals surface area contributed by atoms with Gasteiger partial charge in [0.25, 0.3) is 5.91 Å². The Hall–Kier alpha value is -3.13. The monoisotopic (exact) mass is 559 g/mol. The number of nitrogens with one attached hydrogen (secondary N) is 3. The van der Waals surface area contributed by atoms with Gasteiger partial charge in [-0.05, 0) is 63.6 Å². The summed E-state index contributed by atoms with van der Waals surface area (Å²) in [6.07, 6.45) is 3.25. The molecule has 7 nitrogen and oxygen atoms in total. The summed E-state index contributed by atoms with van der Waals surface area (Å²) in [5, 5.41) is 18.4.